The van der Waals surface area contributed by atoms with Crippen molar-refractivity contribution in [3.05, 3.63) is 48.2 Å². The third-order valence-electron chi connectivity index (χ3n) is 2.86. The summed E-state index contributed by atoms with van der Waals surface area (Å²) in [5.74, 6) is 0.566. The van der Waals surface area contributed by atoms with Crippen LogP contribution in [0.5, 0.6) is 0 Å². The van der Waals surface area contributed by atoms with Crippen LogP contribution in [0.1, 0.15) is 35.9 Å². The van der Waals surface area contributed by atoms with Crippen molar-refractivity contribution in [3.8, 4) is 0 Å². The van der Waals surface area contributed by atoms with Crippen LogP contribution in [-0.2, 0) is 6.54 Å². The Bertz CT molecular complexity index is 538. The van der Waals surface area contributed by atoms with Crippen molar-refractivity contribution < 1.29 is 9.21 Å². The molecule has 106 valence electrons. The highest BCUT2D eigenvalue weighted by molar-refractivity contribution is 5.94. The van der Waals surface area contributed by atoms with E-state index in [0.29, 0.717) is 12.1 Å². The Morgan fingerprint density at radius 1 is 1.40 bits per heavy atom. The molecule has 20 heavy (non-hydrogen) atoms. The van der Waals surface area contributed by atoms with Crippen LogP contribution in [0.15, 0.2) is 41.3 Å². The molecule has 0 saturated heterocycles. The van der Waals surface area contributed by atoms with Crippen LogP contribution in [0.25, 0.3) is 0 Å². The number of amides is 1. The second-order valence-electron chi connectivity index (χ2n) is 4.50. The van der Waals surface area contributed by atoms with Gasteiger partial charge in [-0.1, -0.05) is 13.3 Å². The van der Waals surface area contributed by atoms with Crippen LogP contribution in [-0.4, -0.2) is 17.4 Å². The van der Waals surface area contributed by atoms with Gasteiger partial charge in [-0.05, 0) is 24.6 Å². The minimum absolute atomic E-state index is 0.159. The lowest BCUT2D eigenvalue weighted by molar-refractivity contribution is 0.0947. The van der Waals surface area contributed by atoms with Crippen molar-refractivity contribution in [2.75, 3.05) is 11.9 Å². The fourth-order valence-electron chi connectivity index (χ4n) is 1.75. The van der Waals surface area contributed by atoms with Crippen molar-refractivity contribution in [2.24, 2.45) is 0 Å². The summed E-state index contributed by atoms with van der Waals surface area (Å²) in [5, 5.41) is 6.04. The second kappa shape index (κ2) is 7.33. The summed E-state index contributed by atoms with van der Waals surface area (Å²) in [6, 6.07) is 5.42. The normalized spacial score (nSPS) is 10.2. The minimum Gasteiger partial charge on any atom is -0.467 e. The topological polar surface area (TPSA) is 67.2 Å². The summed E-state index contributed by atoms with van der Waals surface area (Å²) in [5.41, 5.74) is 1.40. The lowest BCUT2D eigenvalue weighted by Crippen LogP contribution is -2.22. The van der Waals surface area contributed by atoms with Gasteiger partial charge in [0.2, 0.25) is 0 Å². The smallest absolute Gasteiger partial charge is 0.253 e. The molecule has 1 amide bonds. The van der Waals surface area contributed by atoms with Gasteiger partial charge >= 0.3 is 0 Å². The van der Waals surface area contributed by atoms with Crippen molar-refractivity contribution in [1.29, 1.82) is 0 Å². The number of hydrogen-bond acceptors (Lipinski definition) is 4. The number of carbonyl (C=O) groups is 1. The second-order valence-corrected chi connectivity index (χ2v) is 4.50. The average molecular weight is 273 g/mol. The zero-order chi connectivity index (χ0) is 14.2. The van der Waals surface area contributed by atoms with E-state index < -0.39 is 0 Å². The van der Waals surface area contributed by atoms with Crippen molar-refractivity contribution in [3.63, 3.8) is 0 Å². The Labute approximate surface area is 118 Å². The molecule has 0 radical (unpaired) electrons. The number of anilines is 1. The van der Waals surface area contributed by atoms with E-state index in [1.54, 1.807) is 30.8 Å². The number of nitrogens with one attached hydrogen (secondary N) is 2. The Balaban J connectivity index is 1.90. The van der Waals surface area contributed by atoms with E-state index in [1.807, 2.05) is 6.07 Å². The maximum atomic E-state index is 12.0. The number of carbonyl (C=O) groups excluding carboxylic acids is 1. The van der Waals surface area contributed by atoms with Gasteiger partial charge in [-0.25, -0.2) is 0 Å². The number of hydrogen-bond donors (Lipinski definition) is 2. The van der Waals surface area contributed by atoms with E-state index in [9.17, 15) is 4.79 Å². The van der Waals surface area contributed by atoms with E-state index in [4.69, 9.17) is 4.42 Å². The molecule has 2 N–H and O–H groups in total. The first-order chi connectivity index (χ1) is 9.79. The fraction of sp³-hybridized carbons (Fsp3) is 0.333. The molecule has 0 atom stereocenters. The molecule has 0 bridgehead atoms. The van der Waals surface area contributed by atoms with Crippen molar-refractivity contribution in [2.45, 2.75) is 26.3 Å². The Morgan fingerprint density at radius 2 is 2.30 bits per heavy atom. The Morgan fingerprint density at radius 3 is 3.05 bits per heavy atom. The summed E-state index contributed by atoms with van der Waals surface area (Å²) >= 11 is 0. The molecule has 2 aromatic heterocycles. The summed E-state index contributed by atoms with van der Waals surface area (Å²) in [6.07, 6.45) is 7.08. The number of rotatable bonds is 7. The number of unbranched alkanes of at least 4 members (excludes halogenated alkanes) is 1. The lowest BCUT2D eigenvalue weighted by Gasteiger charge is -2.07. The molecule has 0 spiro atoms. The van der Waals surface area contributed by atoms with Gasteiger partial charge in [-0.2, -0.15) is 0 Å². The molecule has 0 saturated carbocycles. The molecule has 2 rings (SSSR count). The maximum Gasteiger partial charge on any atom is 0.253 e. The predicted octanol–water partition coefficient (Wildman–Crippen LogP) is 2.82. The van der Waals surface area contributed by atoms with Gasteiger partial charge in [0, 0.05) is 18.9 Å². The van der Waals surface area contributed by atoms with Crippen LogP contribution < -0.4 is 10.6 Å². The Kier molecular flexibility index (Phi) is 5.17. The molecule has 5 nitrogen and oxygen atoms in total. The van der Waals surface area contributed by atoms with Crippen LogP contribution >= 0.6 is 0 Å². The third kappa shape index (κ3) is 4.12. The molecule has 2 heterocycles. The van der Waals surface area contributed by atoms with Crippen LogP contribution in [0.3, 0.4) is 0 Å². The van der Waals surface area contributed by atoms with E-state index in [0.717, 1.165) is 30.8 Å². The summed E-state index contributed by atoms with van der Waals surface area (Å²) in [7, 11) is 0. The molecule has 0 aliphatic heterocycles. The standard InChI is InChI=1S/C15H19N3O2/c1-2-3-6-17-13-8-12(9-16-10-13)15(19)18-11-14-5-4-7-20-14/h4-5,7-10,17H,2-3,6,11H2,1H3,(H,18,19). The first kappa shape index (κ1) is 14.1. The fourth-order valence-corrected chi connectivity index (χ4v) is 1.75. The van der Waals surface area contributed by atoms with Gasteiger partial charge in [-0.3, -0.25) is 9.78 Å². The summed E-state index contributed by atoms with van der Waals surface area (Å²) < 4.78 is 5.17. The minimum atomic E-state index is -0.159. The van der Waals surface area contributed by atoms with Gasteiger partial charge in [0.25, 0.3) is 5.91 Å². The zero-order valence-electron chi connectivity index (χ0n) is 11.6. The average Bonchev–Trinajstić information content (AvgIpc) is 2.99. The molecular formula is C15H19N3O2. The number of furan rings is 1. The van der Waals surface area contributed by atoms with Gasteiger partial charge in [0.15, 0.2) is 0 Å². The number of aromatic nitrogens is 1. The molecule has 0 aliphatic carbocycles. The van der Waals surface area contributed by atoms with Crippen LogP contribution in [0.4, 0.5) is 5.69 Å². The molecule has 0 aromatic carbocycles. The molecular weight excluding hydrogens is 254 g/mol. The maximum absolute atomic E-state index is 12.0. The molecule has 0 unspecified atom stereocenters. The first-order valence-corrected chi connectivity index (χ1v) is 6.79. The first-order valence-electron chi connectivity index (χ1n) is 6.79. The van der Waals surface area contributed by atoms with E-state index in [2.05, 4.69) is 22.5 Å². The predicted molar refractivity (Wildman–Crippen MR) is 77.5 cm³/mol. The van der Waals surface area contributed by atoms with Crippen molar-refractivity contribution in [1.82, 2.24) is 10.3 Å². The monoisotopic (exact) mass is 273 g/mol. The number of nitrogens with zero attached hydrogens (tertiary/aromatic N) is 1. The molecule has 2 aromatic rings. The highest BCUT2D eigenvalue weighted by Gasteiger charge is 2.07. The SMILES string of the molecule is CCCCNc1cncc(C(=O)NCc2ccco2)c1. The third-order valence-corrected chi connectivity index (χ3v) is 2.86. The zero-order valence-corrected chi connectivity index (χ0v) is 11.6. The summed E-state index contributed by atoms with van der Waals surface area (Å²) in [4.78, 5) is 16.1. The van der Waals surface area contributed by atoms with Crippen LogP contribution in [0.2, 0.25) is 0 Å². The van der Waals surface area contributed by atoms with Gasteiger partial charge in [-0.15, -0.1) is 0 Å². The number of pyridine rings is 1. The quantitative estimate of drug-likeness (QED) is 0.761. The van der Waals surface area contributed by atoms with Gasteiger partial charge in [0.1, 0.15) is 5.76 Å². The van der Waals surface area contributed by atoms with Crippen LogP contribution in [0, 0.1) is 0 Å². The van der Waals surface area contributed by atoms with E-state index >= 15 is 0 Å². The molecule has 0 fully saturated rings. The van der Waals surface area contributed by atoms with E-state index in [-0.39, 0.29) is 5.91 Å². The highest BCUT2D eigenvalue weighted by Crippen LogP contribution is 2.09. The van der Waals surface area contributed by atoms with Crippen molar-refractivity contribution >= 4 is 11.6 Å². The Hall–Kier alpha value is -2.30. The lowest BCUT2D eigenvalue weighted by atomic mass is 10.2. The summed E-state index contributed by atoms with van der Waals surface area (Å²) in [6.45, 7) is 3.40. The molecule has 5 heteroatoms. The highest BCUT2D eigenvalue weighted by atomic mass is 16.3. The molecule has 0 aliphatic rings. The largest absolute Gasteiger partial charge is 0.467 e. The van der Waals surface area contributed by atoms with Gasteiger partial charge < -0.3 is 15.1 Å². The van der Waals surface area contributed by atoms with E-state index in [1.165, 1.54) is 0 Å². The van der Waals surface area contributed by atoms with Gasteiger partial charge in [0.05, 0.1) is 24.1 Å².